The minimum atomic E-state index is -0.549. The van der Waals surface area contributed by atoms with E-state index in [0.29, 0.717) is 17.5 Å². The fraction of sp³-hybridized carbons (Fsp3) is 0.524. The van der Waals surface area contributed by atoms with Gasteiger partial charge < -0.3 is 24.4 Å². The Morgan fingerprint density at radius 3 is 2.77 bits per heavy atom. The van der Waals surface area contributed by atoms with E-state index < -0.39 is 6.67 Å². The molecule has 0 atom stereocenters. The topological polar surface area (TPSA) is 105 Å². The summed E-state index contributed by atoms with van der Waals surface area (Å²) in [6, 6.07) is 5.27. The third-order valence-corrected chi connectivity index (χ3v) is 4.72. The van der Waals surface area contributed by atoms with Crippen LogP contribution in [0.15, 0.2) is 30.6 Å². The molecular weight excluding hydrogens is 403 g/mol. The summed E-state index contributed by atoms with van der Waals surface area (Å²) in [6.45, 7) is 4.77. The van der Waals surface area contributed by atoms with Gasteiger partial charge in [-0.1, -0.05) is 0 Å². The van der Waals surface area contributed by atoms with Gasteiger partial charge in [-0.2, -0.15) is 0 Å². The Kier molecular flexibility index (Phi) is 8.34. The molecule has 1 aliphatic rings. The van der Waals surface area contributed by atoms with E-state index in [4.69, 9.17) is 19.6 Å². The smallest absolute Gasteiger partial charge is 0.285 e. The number of rotatable bonds is 9. The first-order chi connectivity index (χ1) is 15.0. The zero-order chi connectivity index (χ0) is 22.1. The number of halogens is 1. The first-order valence-electron chi connectivity index (χ1n) is 10.4. The minimum absolute atomic E-state index is 0.0139. The van der Waals surface area contributed by atoms with Crippen molar-refractivity contribution in [3.63, 3.8) is 0 Å². The van der Waals surface area contributed by atoms with Gasteiger partial charge in [0, 0.05) is 31.1 Å². The van der Waals surface area contributed by atoms with Crippen LogP contribution in [0.2, 0.25) is 0 Å². The van der Waals surface area contributed by atoms with E-state index in [-0.39, 0.29) is 31.3 Å². The molecule has 0 aromatic carbocycles. The molecular formula is C21H29FN6O3. The van der Waals surface area contributed by atoms with Crippen molar-refractivity contribution in [1.82, 2.24) is 19.9 Å². The molecule has 2 N–H and O–H groups in total. The van der Waals surface area contributed by atoms with Gasteiger partial charge in [0.1, 0.15) is 18.6 Å². The zero-order valence-electron chi connectivity index (χ0n) is 17.9. The highest BCUT2D eigenvalue weighted by Gasteiger charge is 2.16. The van der Waals surface area contributed by atoms with Crippen molar-refractivity contribution in [1.29, 1.82) is 5.41 Å². The second kappa shape index (κ2) is 11.4. The predicted octanol–water partition coefficient (Wildman–Crippen LogP) is 3.30. The summed E-state index contributed by atoms with van der Waals surface area (Å²) in [7, 11) is 0. The normalized spacial score (nSPS) is 14.3. The van der Waals surface area contributed by atoms with Crippen molar-refractivity contribution in [3.8, 4) is 5.88 Å². The predicted molar refractivity (Wildman–Crippen MR) is 114 cm³/mol. The number of nitrogens with one attached hydrogen (secondary N) is 2. The number of alkyl halides is 1. The SMILES string of the molecule is CC(C)N(CCF)C(=N)OCc1nccc(Nc2ccc(OC3CCOCC3)nc2)n1. The Bertz CT molecular complexity index is 830. The van der Waals surface area contributed by atoms with Crippen LogP contribution < -0.4 is 10.1 Å². The molecule has 168 valence electrons. The van der Waals surface area contributed by atoms with E-state index in [2.05, 4.69) is 20.3 Å². The number of anilines is 2. The van der Waals surface area contributed by atoms with Gasteiger partial charge in [-0.15, -0.1) is 0 Å². The van der Waals surface area contributed by atoms with E-state index in [9.17, 15) is 4.39 Å². The van der Waals surface area contributed by atoms with E-state index in [1.807, 2.05) is 26.0 Å². The number of amidine groups is 1. The van der Waals surface area contributed by atoms with Crippen LogP contribution in [0.3, 0.4) is 0 Å². The van der Waals surface area contributed by atoms with E-state index in [0.717, 1.165) is 31.7 Å². The van der Waals surface area contributed by atoms with Gasteiger partial charge >= 0.3 is 0 Å². The lowest BCUT2D eigenvalue weighted by Crippen LogP contribution is -2.39. The molecule has 2 aromatic heterocycles. The fourth-order valence-corrected chi connectivity index (χ4v) is 3.08. The first kappa shape index (κ1) is 22.7. The van der Waals surface area contributed by atoms with Crippen molar-refractivity contribution in [2.75, 3.05) is 31.7 Å². The number of aromatic nitrogens is 3. The van der Waals surface area contributed by atoms with Gasteiger partial charge in [0.25, 0.3) is 6.02 Å². The van der Waals surface area contributed by atoms with Crippen LogP contribution in [0.25, 0.3) is 0 Å². The molecule has 0 saturated carbocycles. The van der Waals surface area contributed by atoms with Crippen LogP contribution in [0, 0.1) is 5.41 Å². The molecule has 1 aliphatic heterocycles. The number of nitrogens with zero attached hydrogens (tertiary/aromatic N) is 4. The quantitative estimate of drug-likeness (QED) is 0.459. The number of pyridine rings is 1. The highest BCUT2D eigenvalue weighted by molar-refractivity contribution is 5.70. The summed E-state index contributed by atoms with van der Waals surface area (Å²) in [5, 5.41) is 11.2. The number of hydrogen-bond donors (Lipinski definition) is 2. The maximum Gasteiger partial charge on any atom is 0.285 e. The van der Waals surface area contributed by atoms with Crippen LogP contribution in [0.1, 0.15) is 32.5 Å². The molecule has 9 nitrogen and oxygen atoms in total. The van der Waals surface area contributed by atoms with Crippen molar-refractivity contribution in [3.05, 3.63) is 36.4 Å². The Morgan fingerprint density at radius 2 is 2.10 bits per heavy atom. The van der Waals surface area contributed by atoms with E-state index in [1.54, 1.807) is 18.5 Å². The molecule has 2 aromatic rings. The summed E-state index contributed by atoms with van der Waals surface area (Å²) in [5.74, 6) is 1.56. The summed E-state index contributed by atoms with van der Waals surface area (Å²) in [4.78, 5) is 14.5. The Labute approximate surface area is 181 Å². The fourth-order valence-electron chi connectivity index (χ4n) is 3.08. The lowest BCUT2D eigenvalue weighted by Gasteiger charge is -2.26. The van der Waals surface area contributed by atoms with E-state index >= 15 is 0 Å². The highest BCUT2D eigenvalue weighted by atomic mass is 19.1. The van der Waals surface area contributed by atoms with Gasteiger partial charge in [-0.25, -0.2) is 19.3 Å². The van der Waals surface area contributed by atoms with Gasteiger partial charge in [-0.3, -0.25) is 5.41 Å². The Balaban J connectivity index is 1.53. The van der Waals surface area contributed by atoms with Crippen molar-refractivity contribution in [2.45, 2.75) is 45.4 Å². The molecule has 31 heavy (non-hydrogen) atoms. The van der Waals surface area contributed by atoms with Gasteiger partial charge in [0.05, 0.1) is 31.6 Å². The van der Waals surface area contributed by atoms with Gasteiger partial charge in [0.15, 0.2) is 12.4 Å². The third-order valence-electron chi connectivity index (χ3n) is 4.72. The Hall–Kier alpha value is -3.01. The van der Waals surface area contributed by atoms with Crippen LogP contribution in [0.5, 0.6) is 5.88 Å². The summed E-state index contributed by atoms with van der Waals surface area (Å²) < 4.78 is 29.3. The second-order valence-corrected chi connectivity index (χ2v) is 7.37. The molecule has 0 spiro atoms. The van der Waals surface area contributed by atoms with Crippen molar-refractivity contribution < 1.29 is 18.6 Å². The van der Waals surface area contributed by atoms with Crippen LogP contribution >= 0.6 is 0 Å². The average Bonchev–Trinajstić information content (AvgIpc) is 2.78. The molecule has 0 amide bonds. The maximum atomic E-state index is 12.7. The molecule has 0 aliphatic carbocycles. The third kappa shape index (κ3) is 7.02. The maximum absolute atomic E-state index is 12.7. The standard InChI is InChI=1S/C21H29FN6O3/c1-15(2)28(10-8-22)21(23)30-14-19-24-9-5-18(27-19)26-16-3-4-20(25-13-16)31-17-6-11-29-12-7-17/h3-5,9,13,15,17,23H,6-8,10-12,14H2,1-2H3,(H,24,26,27). The molecule has 1 saturated heterocycles. The summed E-state index contributed by atoms with van der Waals surface area (Å²) in [5.41, 5.74) is 0.756. The lowest BCUT2D eigenvalue weighted by molar-refractivity contribution is 0.0237. The van der Waals surface area contributed by atoms with E-state index in [1.165, 1.54) is 4.90 Å². The zero-order valence-corrected chi connectivity index (χ0v) is 17.9. The molecule has 0 radical (unpaired) electrons. The van der Waals surface area contributed by atoms with Crippen LogP contribution in [-0.2, 0) is 16.1 Å². The monoisotopic (exact) mass is 432 g/mol. The minimum Gasteiger partial charge on any atom is -0.474 e. The number of hydrogen-bond acceptors (Lipinski definition) is 8. The van der Waals surface area contributed by atoms with Gasteiger partial charge in [0.2, 0.25) is 5.88 Å². The highest BCUT2D eigenvalue weighted by Crippen LogP contribution is 2.19. The van der Waals surface area contributed by atoms with Crippen molar-refractivity contribution >= 4 is 17.5 Å². The second-order valence-electron chi connectivity index (χ2n) is 7.37. The largest absolute Gasteiger partial charge is 0.474 e. The van der Waals surface area contributed by atoms with Crippen LogP contribution in [0.4, 0.5) is 15.9 Å². The molecule has 1 fully saturated rings. The van der Waals surface area contributed by atoms with Gasteiger partial charge in [-0.05, 0) is 26.0 Å². The molecule has 0 bridgehead atoms. The first-order valence-corrected chi connectivity index (χ1v) is 10.4. The molecule has 10 heteroatoms. The Morgan fingerprint density at radius 1 is 1.29 bits per heavy atom. The number of ether oxygens (including phenoxy) is 3. The summed E-state index contributed by atoms with van der Waals surface area (Å²) >= 11 is 0. The van der Waals surface area contributed by atoms with Crippen molar-refractivity contribution in [2.24, 2.45) is 0 Å². The molecule has 3 heterocycles. The molecule has 3 rings (SSSR count). The molecule has 0 unspecified atom stereocenters. The van der Waals surface area contributed by atoms with Crippen LogP contribution in [-0.4, -0.2) is 64.5 Å². The average molecular weight is 433 g/mol. The lowest BCUT2D eigenvalue weighted by atomic mass is 10.1. The summed E-state index contributed by atoms with van der Waals surface area (Å²) in [6.07, 6.45) is 5.16.